The number of hydrogen-bond acceptors (Lipinski definition) is 9. The number of sulfonamides is 1. The molecule has 19 heteroatoms. The Morgan fingerprint density at radius 2 is 1.91 bits per heavy atom. The van der Waals surface area contributed by atoms with E-state index in [2.05, 4.69) is 15.2 Å². The SMILES string of the molecule is C[C@H](NS(=O)(=O)c1ccc(-c2sc(-c3nnc(CC(C)(C)C(=O)O)o3)nc2CN2CCCC(F)(F)C2)c(Cl)c1Cl)C(F)(F)F. The molecule has 0 unspecified atom stereocenters. The second kappa shape index (κ2) is 12.4. The highest BCUT2D eigenvalue weighted by atomic mass is 35.5. The van der Waals surface area contributed by atoms with Crippen LogP contribution < -0.4 is 4.72 Å². The smallest absolute Gasteiger partial charge is 0.404 e. The van der Waals surface area contributed by atoms with Gasteiger partial charge in [-0.2, -0.15) is 17.9 Å². The van der Waals surface area contributed by atoms with Gasteiger partial charge in [0.2, 0.25) is 15.9 Å². The quantitative estimate of drug-likeness (QED) is 0.233. The lowest BCUT2D eigenvalue weighted by Crippen LogP contribution is -2.43. The molecule has 44 heavy (non-hydrogen) atoms. The van der Waals surface area contributed by atoms with Crippen molar-refractivity contribution in [2.24, 2.45) is 5.41 Å². The zero-order valence-electron chi connectivity index (χ0n) is 23.3. The lowest BCUT2D eigenvalue weighted by Gasteiger charge is -2.32. The number of thiazole rings is 1. The Morgan fingerprint density at radius 1 is 1.23 bits per heavy atom. The molecule has 4 rings (SSSR count). The van der Waals surface area contributed by atoms with E-state index in [-0.39, 0.29) is 63.8 Å². The van der Waals surface area contributed by atoms with Crippen LogP contribution in [0.2, 0.25) is 10.0 Å². The first kappa shape index (κ1) is 34.4. The summed E-state index contributed by atoms with van der Waals surface area (Å²) in [7, 11) is -4.76. The van der Waals surface area contributed by atoms with Crippen LogP contribution in [0.5, 0.6) is 0 Å². The number of alkyl halides is 5. The van der Waals surface area contributed by atoms with Gasteiger partial charge in [0.15, 0.2) is 5.01 Å². The zero-order valence-corrected chi connectivity index (χ0v) is 26.5. The normalized spacial score (nSPS) is 17.1. The van der Waals surface area contributed by atoms with E-state index in [4.69, 9.17) is 27.6 Å². The van der Waals surface area contributed by atoms with E-state index in [1.807, 2.05) is 0 Å². The summed E-state index contributed by atoms with van der Waals surface area (Å²) in [5.74, 6) is -4.09. The standard InChI is InChI=1S/C25H26Cl2F5N5O5S2/c1-12(25(30,31)32)36-44(40,41)15-6-5-13(17(26)18(15)27)19-14(10-37-8-4-7-24(28,29)11-37)33-21(43-19)20-35-34-16(42-20)9-23(2,3)22(38)39/h5-6,12,36H,4,7-11H2,1-3H3,(H,38,39)/t12-/m0/s1. The number of carboxylic acids is 1. The van der Waals surface area contributed by atoms with Crippen LogP contribution in [0, 0.1) is 5.41 Å². The fourth-order valence-corrected chi connectivity index (χ4v) is 7.48. The van der Waals surface area contributed by atoms with E-state index in [1.54, 1.807) is 0 Å². The molecular weight excluding hydrogens is 680 g/mol. The van der Waals surface area contributed by atoms with Gasteiger partial charge in [0.05, 0.1) is 32.6 Å². The van der Waals surface area contributed by atoms with Gasteiger partial charge in [-0.3, -0.25) is 9.69 Å². The van der Waals surface area contributed by atoms with Crippen molar-refractivity contribution >= 4 is 50.5 Å². The number of halogens is 7. The average molecular weight is 707 g/mol. The molecule has 0 bridgehead atoms. The van der Waals surface area contributed by atoms with Gasteiger partial charge in [-0.05, 0) is 39.8 Å². The van der Waals surface area contributed by atoms with Crippen molar-refractivity contribution in [2.75, 3.05) is 13.1 Å². The Bertz CT molecular complexity index is 1660. The molecule has 10 nitrogen and oxygen atoms in total. The van der Waals surface area contributed by atoms with E-state index in [1.165, 1.54) is 29.5 Å². The number of aromatic nitrogens is 3. The van der Waals surface area contributed by atoms with Gasteiger partial charge >= 0.3 is 12.1 Å². The van der Waals surface area contributed by atoms with Gasteiger partial charge in [0, 0.05) is 24.9 Å². The summed E-state index contributed by atoms with van der Waals surface area (Å²) in [6.07, 6.45) is -5.00. The van der Waals surface area contributed by atoms with Crippen LogP contribution in [0.4, 0.5) is 22.0 Å². The number of benzene rings is 1. The van der Waals surface area contributed by atoms with Crippen LogP contribution in [0.1, 0.15) is 45.2 Å². The van der Waals surface area contributed by atoms with Crippen LogP contribution in [0.15, 0.2) is 21.4 Å². The van der Waals surface area contributed by atoms with Crippen molar-refractivity contribution in [1.82, 2.24) is 24.8 Å². The van der Waals surface area contributed by atoms with Gasteiger partial charge in [-0.25, -0.2) is 22.2 Å². The third-order valence-electron chi connectivity index (χ3n) is 6.77. The molecule has 0 saturated carbocycles. The summed E-state index contributed by atoms with van der Waals surface area (Å²) < 4.78 is 100. The van der Waals surface area contributed by atoms with E-state index >= 15 is 0 Å². The number of aliphatic carboxylic acids is 1. The molecule has 3 aromatic rings. The number of carboxylic acid groups (broad SMARTS) is 1. The fraction of sp³-hybridized carbons (Fsp3) is 0.520. The molecule has 2 N–H and O–H groups in total. The Balaban J connectivity index is 1.75. The number of nitrogens with one attached hydrogen (secondary N) is 1. The molecular formula is C25H26Cl2F5N5O5S2. The van der Waals surface area contributed by atoms with Crippen molar-refractivity contribution < 1.29 is 44.7 Å². The summed E-state index contributed by atoms with van der Waals surface area (Å²) in [6, 6.07) is -0.214. The van der Waals surface area contributed by atoms with Gasteiger partial charge in [-0.1, -0.05) is 29.3 Å². The van der Waals surface area contributed by atoms with Gasteiger partial charge in [0.25, 0.3) is 11.8 Å². The molecule has 1 aromatic carbocycles. The number of carbonyl (C=O) groups is 1. The highest BCUT2D eigenvalue weighted by molar-refractivity contribution is 7.89. The first-order chi connectivity index (χ1) is 20.2. The maximum atomic E-state index is 14.2. The monoisotopic (exact) mass is 705 g/mol. The van der Waals surface area contributed by atoms with E-state index in [0.29, 0.717) is 13.5 Å². The minimum Gasteiger partial charge on any atom is -0.481 e. The second-order valence-electron chi connectivity index (χ2n) is 11.0. The lowest BCUT2D eigenvalue weighted by atomic mass is 9.90. The number of piperidine rings is 1. The molecule has 1 saturated heterocycles. The van der Waals surface area contributed by atoms with Crippen molar-refractivity contribution in [3.8, 4) is 21.3 Å². The predicted molar refractivity (Wildman–Crippen MR) is 151 cm³/mol. The highest BCUT2D eigenvalue weighted by Gasteiger charge is 2.40. The Labute approximate surface area is 262 Å². The predicted octanol–water partition coefficient (Wildman–Crippen LogP) is 6.28. The van der Waals surface area contributed by atoms with Gasteiger partial charge in [-0.15, -0.1) is 21.5 Å². The van der Waals surface area contributed by atoms with Crippen molar-refractivity contribution in [2.45, 2.75) is 69.6 Å². The maximum Gasteiger partial charge on any atom is 0.404 e. The Kier molecular flexibility index (Phi) is 9.70. The molecule has 0 aliphatic carbocycles. The first-order valence-electron chi connectivity index (χ1n) is 12.9. The third kappa shape index (κ3) is 7.67. The summed E-state index contributed by atoms with van der Waals surface area (Å²) >= 11 is 13.7. The summed E-state index contributed by atoms with van der Waals surface area (Å²) in [5, 5.41) is 16.5. The number of hydrogen-bond donors (Lipinski definition) is 2. The molecule has 2 aromatic heterocycles. The maximum absolute atomic E-state index is 14.2. The second-order valence-corrected chi connectivity index (χ2v) is 14.4. The zero-order chi connectivity index (χ0) is 32.8. The summed E-state index contributed by atoms with van der Waals surface area (Å²) in [4.78, 5) is 17.1. The third-order valence-corrected chi connectivity index (χ3v) is 10.5. The molecule has 0 radical (unpaired) electrons. The van der Waals surface area contributed by atoms with Crippen molar-refractivity contribution in [1.29, 1.82) is 0 Å². The molecule has 0 spiro atoms. The minimum absolute atomic E-state index is 0.0117. The molecule has 1 fully saturated rings. The van der Waals surface area contributed by atoms with Crippen molar-refractivity contribution in [3.63, 3.8) is 0 Å². The molecule has 1 aliphatic rings. The minimum atomic E-state index is -4.86. The summed E-state index contributed by atoms with van der Waals surface area (Å²) in [6.45, 7) is 3.30. The Morgan fingerprint density at radius 3 is 2.52 bits per heavy atom. The van der Waals surface area contributed by atoms with E-state index in [9.17, 15) is 40.3 Å². The number of rotatable bonds is 10. The lowest BCUT2D eigenvalue weighted by molar-refractivity contribution is -0.147. The molecule has 3 heterocycles. The topological polar surface area (TPSA) is 139 Å². The molecule has 1 aliphatic heterocycles. The van der Waals surface area contributed by atoms with Gasteiger partial charge < -0.3 is 9.52 Å². The van der Waals surface area contributed by atoms with E-state index < -0.39 is 56.0 Å². The van der Waals surface area contributed by atoms with Gasteiger partial charge in [0.1, 0.15) is 10.9 Å². The van der Waals surface area contributed by atoms with Crippen LogP contribution in [-0.2, 0) is 27.8 Å². The largest absolute Gasteiger partial charge is 0.481 e. The fourth-order valence-electron chi connectivity index (χ4n) is 4.30. The molecule has 242 valence electrons. The van der Waals surface area contributed by atoms with Crippen LogP contribution in [0.25, 0.3) is 21.3 Å². The molecule has 0 amide bonds. The van der Waals surface area contributed by atoms with Crippen LogP contribution >= 0.6 is 34.5 Å². The highest BCUT2D eigenvalue weighted by Crippen LogP contribution is 2.44. The van der Waals surface area contributed by atoms with E-state index in [0.717, 1.165) is 17.4 Å². The molecule has 1 atom stereocenters. The van der Waals surface area contributed by atoms with Crippen molar-refractivity contribution in [3.05, 3.63) is 33.8 Å². The number of likely N-dealkylation sites (tertiary alicyclic amines) is 1. The number of nitrogens with zero attached hydrogens (tertiary/aromatic N) is 4. The van der Waals surface area contributed by atoms with Crippen LogP contribution in [-0.4, -0.2) is 70.8 Å². The average Bonchev–Trinajstić information content (AvgIpc) is 3.50. The van der Waals surface area contributed by atoms with Crippen LogP contribution in [0.3, 0.4) is 0 Å². The summed E-state index contributed by atoms with van der Waals surface area (Å²) in [5.41, 5.74) is -0.846. The first-order valence-corrected chi connectivity index (χ1v) is 16.0. The Hall–Kier alpha value is -2.44.